The maximum absolute atomic E-state index is 11.4. The van der Waals surface area contributed by atoms with Crippen LogP contribution < -0.4 is 5.73 Å². The van der Waals surface area contributed by atoms with Crippen LogP contribution in [0.25, 0.3) is 11.3 Å². The van der Waals surface area contributed by atoms with Crippen molar-refractivity contribution in [3.63, 3.8) is 0 Å². The third-order valence-electron chi connectivity index (χ3n) is 4.10. The number of hydrogen-bond acceptors (Lipinski definition) is 6. The molecular weight excluding hydrogens is 392 g/mol. The highest BCUT2D eigenvalue weighted by atomic mass is 79.9. The predicted octanol–water partition coefficient (Wildman–Crippen LogP) is 1.84. The molecule has 1 atom stereocenters. The second kappa shape index (κ2) is 6.60. The van der Waals surface area contributed by atoms with E-state index in [1.807, 2.05) is 20.0 Å². The molecule has 1 aliphatic rings. The molecule has 25 heavy (non-hydrogen) atoms. The number of carbonyl (C=O) groups is 1. The Hall–Kier alpha value is -2.20. The second-order valence-corrected chi connectivity index (χ2v) is 7.27. The first-order valence-electron chi connectivity index (χ1n) is 7.69. The molecule has 134 valence electrons. The minimum absolute atomic E-state index is 0.263. The van der Waals surface area contributed by atoms with Crippen molar-refractivity contribution in [1.82, 2.24) is 24.6 Å². The molecule has 1 fully saturated rings. The first kappa shape index (κ1) is 17.6. The number of ether oxygens (including phenoxy) is 1. The fraction of sp³-hybridized carbons (Fsp3) is 0.467. The van der Waals surface area contributed by atoms with Crippen LogP contribution in [0.1, 0.15) is 13.8 Å². The van der Waals surface area contributed by atoms with Gasteiger partial charge in [0.25, 0.3) is 0 Å². The van der Waals surface area contributed by atoms with E-state index < -0.39 is 11.6 Å². The van der Waals surface area contributed by atoms with E-state index in [2.05, 4.69) is 31.0 Å². The Morgan fingerprint density at radius 1 is 1.52 bits per heavy atom. The normalized spacial score (nSPS) is 19.8. The average molecular weight is 411 g/mol. The molecule has 0 saturated carbocycles. The second-order valence-electron chi connectivity index (χ2n) is 6.52. The van der Waals surface area contributed by atoms with Crippen molar-refractivity contribution >= 4 is 27.8 Å². The summed E-state index contributed by atoms with van der Waals surface area (Å²) in [4.78, 5) is 21.2. The molecule has 3 heterocycles. The quantitative estimate of drug-likeness (QED) is 0.791. The highest BCUT2D eigenvalue weighted by Crippen LogP contribution is 2.24. The van der Waals surface area contributed by atoms with Crippen LogP contribution in [0.3, 0.4) is 0 Å². The number of halogens is 1. The zero-order chi connectivity index (χ0) is 18.2. The Labute approximate surface area is 152 Å². The van der Waals surface area contributed by atoms with Gasteiger partial charge in [-0.15, -0.1) is 0 Å². The highest BCUT2D eigenvalue weighted by Gasteiger charge is 2.38. The first-order chi connectivity index (χ1) is 11.8. The molecule has 10 heteroatoms. The lowest BCUT2D eigenvalue weighted by atomic mass is 10.0. The van der Waals surface area contributed by atoms with Crippen LogP contribution >= 0.6 is 15.9 Å². The summed E-state index contributed by atoms with van der Waals surface area (Å²) >= 11 is 3.25. The first-order valence-corrected chi connectivity index (χ1v) is 8.48. The third-order valence-corrected chi connectivity index (χ3v) is 4.68. The summed E-state index contributed by atoms with van der Waals surface area (Å²) < 4.78 is 8.00. The Kier molecular flexibility index (Phi) is 4.65. The standard InChI is InChI=1S/C15H19BrN6O3/c1-15(2)8-25-10(7-22(15)14(23)24)6-21-5-9(3-19-21)11-4-18-13(17)12(16)20-11/h3-5,10H,6-8H2,1-2H3,(H2,17,18)(H,23,24). The van der Waals surface area contributed by atoms with Gasteiger partial charge in [-0.1, -0.05) is 0 Å². The van der Waals surface area contributed by atoms with Crippen LogP contribution in [-0.2, 0) is 11.3 Å². The lowest BCUT2D eigenvalue weighted by molar-refractivity contribution is -0.0918. The molecule has 3 rings (SSSR count). The molecule has 1 aliphatic heterocycles. The van der Waals surface area contributed by atoms with Crippen LogP contribution in [0.4, 0.5) is 10.6 Å². The topological polar surface area (TPSA) is 119 Å². The summed E-state index contributed by atoms with van der Waals surface area (Å²) in [6.45, 7) is 4.78. The van der Waals surface area contributed by atoms with E-state index in [9.17, 15) is 9.90 Å². The number of morpholine rings is 1. The molecule has 9 nitrogen and oxygen atoms in total. The minimum atomic E-state index is -0.943. The number of nitrogen functional groups attached to an aromatic ring is 1. The number of aromatic nitrogens is 4. The number of rotatable bonds is 3. The van der Waals surface area contributed by atoms with E-state index in [0.29, 0.717) is 35.8 Å². The summed E-state index contributed by atoms with van der Waals surface area (Å²) in [5, 5.41) is 13.7. The van der Waals surface area contributed by atoms with Crippen LogP contribution in [0.2, 0.25) is 0 Å². The minimum Gasteiger partial charge on any atom is -0.465 e. The Bertz CT molecular complexity index is 793. The molecule has 0 spiro atoms. The summed E-state index contributed by atoms with van der Waals surface area (Å²) in [5.74, 6) is 0.322. The molecule has 0 aromatic carbocycles. The molecule has 3 N–H and O–H groups in total. The van der Waals surface area contributed by atoms with Gasteiger partial charge in [-0.2, -0.15) is 5.10 Å². The Balaban J connectivity index is 1.71. The van der Waals surface area contributed by atoms with Crippen molar-refractivity contribution in [3.8, 4) is 11.3 Å². The van der Waals surface area contributed by atoms with Gasteiger partial charge in [0, 0.05) is 11.8 Å². The molecule has 0 radical (unpaired) electrons. The molecule has 0 bridgehead atoms. The van der Waals surface area contributed by atoms with Gasteiger partial charge in [0.15, 0.2) is 5.82 Å². The van der Waals surface area contributed by atoms with Gasteiger partial charge in [-0.25, -0.2) is 14.8 Å². The summed E-state index contributed by atoms with van der Waals surface area (Å²) in [5.41, 5.74) is 6.54. The van der Waals surface area contributed by atoms with Gasteiger partial charge in [0.05, 0.1) is 49.4 Å². The summed E-state index contributed by atoms with van der Waals surface area (Å²) in [7, 11) is 0. The van der Waals surface area contributed by atoms with Gasteiger partial charge < -0.3 is 15.6 Å². The number of carboxylic acid groups (broad SMARTS) is 1. The van der Waals surface area contributed by atoms with E-state index >= 15 is 0 Å². The fourth-order valence-electron chi connectivity index (χ4n) is 2.67. The summed E-state index contributed by atoms with van der Waals surface area (Å²) in [6.07, 6.45) is 3.87. The van der Waals surface area contributed by atoms with Gasteiger partial charge in [0.1, 0.15) is 4.60 Å². The largest absolute Gasteiger partial charge is 0.465 e. The van der Waals surface area contributed by atoms with E-state index in [0.717, 1.165) is 5.56 Å². The third kappa shape index (κ3) is 3.74. The Morgan fingerprint density at radius 2 is 2.28 bits per heavy atom. The van der Waals surface area contributed by atoms with E-state index in [1.54, 1.807) is 17.1 Å². The number of amides is 1. The van der Waals surface area contributed by atoms with Gasteiger partial charge >= 0.3 is 6.09 Å². The molecule has 2 aromatic rings. The number of anilines is 1. The van der Waals surface area contributed by atoms with Crippen LogP contribution in [0, 0.1) is 0 Å². The van der Waals surface area contributed by atoms with Gasteiger partial charge in [-0.3, -0.25) is 9.58 Å². The van der Waals surface area contributed by atoms with Crippen molar-refractivity contribution in [2.45, 2.75) is 32.0 Å². The smallest absolute Gasteiger partial charge is 0.407 e. The van der Waals surface area contributed by atoms with Crippen molar-refractivity contribution < 1.29 is 14.6 Å². The Morgan fingerprint density at radius 3 is 2.96 bits per heavy atom. The lowest BCUT2D eigenvalue weighted by Gasteiger charge is -2.43. The number of nitrogens with two attached hydrogens (primary N) is 1. The highest BCUT2D eigenvalue weighted by molar-refractivity contribution is 9.10. The molecule has 0 aliphatic carbocycles. The van der Waals surface area contributed by atoms with E-state index in [-0.39, 0.29) is 6.10 Å². The maximum atomic E-state index is 11.4. The summed E-state index contributed by atoms with van der Waals surface area (Å²) in [6, 6.07) is 0. The van der Waals surface area contributed by atoms with Crippen molar-refractivity contribution in [2.24, 2.45) is 0 Å². The monoisotopic (exact) mass is 410 g/mol. The molecule has 1 saturated heterocycles. The SMILES string of the molecule is CC1(C)COC(Cn2cc(-c3cnc(N)c(Br)n3)cn2)CN1C(=O)O. The maximum Gasteiger partial charge on any atom is 0.407 e. The zero-order valence-electron chi connectivity index (χ0n) is 13.9. The zero-order valence-corrected chi connectivity index (χ0v) is 15.5. The van der Waals surface area contributed by atoms with Gasteiger partial charge in [-0.05, 0) is 29.8 Å². The van der Waals surface area contributed by atoms with Crippen LogP contribution in [0.15, 0.2) is 23.2 Å². The average Bonchev–Trinajstić information content (AvgIpc) is 3.00. The predicted molar refractivity (Wildman–Crippen MR) is 93.9 cm³/mol. The fourth-order valence-corrected chi connectivity index (χ4v) is 2.96. The molecular formula is C15H19BrN6O3. The van der Waals surface area contributed by atoms with Crippen LogP contribution in [-0.4, -0.2) is 60.6 Å². The van der Waals surface area contributed by atoms with Crippen LogP contribution in [0.5, 0.6) is 0 Å². The number of nitrogens with zero attached hydrogens (tertiary/aromatic N) is 5. The van der Waals surface area contributed by atoms with Crippen molar-refractivity contribution in [2.75, 3.05) is 18.9 Å². The van der Waals surface area contributed by atoms with Gasteiger partial charge in [0.2, 0.25) is 0 Å². The van der Waals surface area contributed by atoms with E-state index in [4.69, 9.17) is 10.5 Å². The lowest BCUT2D eigenvalue weighted by Crippen LogP contribution is -2.58. The number of hydrogen-bond donors (Lipinski definition) is 2. The van der Waals surface area contributed by atoms with Crippen molar-refractivity contribution in [3.05, 3.63) is 23.2 Å². The van der Waals surface area contributed by atoms with E-state index in [1.165, 1.54) is 4.90 Å². The van der Waals surface area contributed by atoms with Crippen molar-refractivity contribution in [1.29, 1.82) is 0 Å². The molecule has 2 aromatic heterocycles. The molecule has 1 amide bonds. The molecule has 1 unspecified atom stereocenters.